The highest BCUT2D eigenvalue weighted by Gasteiger charge is 2.10. The van der Waals surface area contributed by atoms with Crippen molar-refractivity contribution < 1.29 is 4.42 Å². The Morgan fingerprint density at radius 2 is 2.38 bits per heavy atom. The van der Waals surface area contributed by atoms with Crippen molar-refractivity contribution in [2.45, 2.75) is 32.9 Å². The summed E-state index contributed by atoms with van der Waals surface area (Å²) in [7, 11) is 0. The number of rotatable bonds is 5. The topological polar surface area (TPSA) is 43.0 Å². The van der Waals surface area contributed by atoms with Gasteiger partial charge in [0.1, 0.15) is 11.6 Å². The maximum Gasteiger partial charge on any atom is 0.125 e. The van der Waals surface area contributed by atoms with Gasteiger partial charge in [-0.3, -0.25) is 0 Å². The van der Waals surface area contributed by atoms with E-state index in [1.807, 2.05) is 29.1 Å². The van der Waals surface area contributed by atoms with Gasteiger partial charge in [-0.25, -0.2) is 4.68 Å². The molecule has 0 aromatic carbocycles. The van der Waals surface area contributed by atoms with E-state index < -0.39 is 0 Å². The fourth-order valence-electron chi connectivity index (χ4n) is 1.68. The van der Waals surface area contributed by atoms with Crippen LogP contribution in [-0.2, 0) is 6.54 Å². The molecular formula is C12H17N3O. The van der Waals surface area contributed by atoms with Crippen molar-refractivity contribution >= 4 is 5.82 Å². The first kappa shape index (κ1) is 10.8. The fraction of sp³-hybridized carbons (Fsp3) is 0.417. The third-order valence-electron chi connectivity index (χ3n) is 2.49. The highest BCUT2D eigenvalue weighted by molar-refractivity contribution is 5.36. The molecule has 0 aliphatic carbocycles. The van der Waals surface area contributed by atoms with Gasteiger partial charge in [-0.05, 0) is 25.5 Å². The molecule has 0 saturated carbocycles. The molecule has 0 spiro atoms. The van der Waals surface area contributed by atoms with Gasteiger partial charge in [0.2, 0.25) is 0 Å². The zero-order valence-electron chi connectivity index (χ0n) is 9.68. The number of furan rings is 1. The molecule has 0 saturated heterocycles. The van der Waals surface area contributed by atoms with Gasteiger partial charge < -0.3 is 9.73 Å². The van der Waals surface area contributed by atoms with Gasteiger partial charge in [0.15, 0.2) is 0 Å². The highest BCUT2D eigenvalue weighted by atomic mass is 16.3. The van der Waals surface area contributed by atoms with E-state index in [9.17, 15) is 0 Å². The molecule has 0 bridgehead atoms. The number of nitrogens with zero attached hydrogens (tertiary/aromatic N) is 2. The Kier molecular flexibility index (Phi) is 3.29. The second kappa shape index (κ2) is 4.88. The molecule has 0 amide bonds. The number of aryl methyl sites for hydroxylation is 1. The van der Waals surface area contributed by atoms with Gasteiger partial charge in [-0.15, -0.1) is 0 Å². The summed E-state index contributed by atoms with van der Waals surface area (Å²) in [5, 5.41) is 7.65. The third kappa shape index (κ3) is 2.27. The highest BCUT2D eigenvalue weighted by Crippen LogP contribution is 2.19. The van der Waals surface area contributed by atoms with Crippen molar-refractivity contribution in [1.82, 2.24) is 9.78 Å². The molecule has 2 heterocycles. The van der Waals surface area contributed by atoms with Gasteiger partial charge in [-0.1, -0.05) is 6.92 Å². The van der Waals surface area contributed by atoms with E-state index >= 15 is 0 Å². The van der Waals surface area contributed by atoms with E-state index in [0.29, 0.717) is 0 Å². The summed E-state index contributed by atoms with van der Waals surface area (Å²) in [5.41, 5.74) is 0. The predicted octanol–water partition coefficient (Wildman–Crippen LogP) is 3.06. The average molecular weight is 219 g/mol. The number of hydrogen-bond acceptors (Lipinski definition) is 3. The van der Waals surface area contributed by atoms with E-state index in [1.165, 1.54) is 0 Å². The maximum atomic E-state index is 5.35. The minimum Gasteiger partial charge on any atom is -0.467 e. The SMILES string of the molecule is CCCn1nccc1NC(C)c1ccco1. The molecular weight excluding hydrogens is 202 g/mol. The molecule has 2 aromatic rings. The van der Waals surface area contributed by atoms with Crippen molar-refractivity contribution in [2.24, 2.45) is 0 Å². The minimum atomic E-state index is 0.155. The number of hydrogen-bond donors (Lipinski definition) is 1. The average Bonchev–Trinajstić information content (AvgIpc) is 2.90. The van der Waals surface area contributed by atoms with Crippen LogP contribution in [0.2, 0.25) is 0 Å². The Labute approximate surface area is 95.3 Å². The van der Waals surface area contributed by atoms with Crippen LogP contribution in [0.1, 0.15) is 32.1 Å². The van der Waals surface area contributed by atoms with Crippen molar-refractivity contribution in [3.8, 4) is 0 Å². The van der Waals surface area contributed by atoms with E-state index in [2.05, 4.69) is 24.3 Å². The van der Waals surface area contributed by atoms with Gasteiger partial charge >= 0.3 is 0 Å². The zero-order valence-corrected chi connectivity index (χ0v) is 9.68. The molecule has 1 unspecified atom stereocenters. The van der Waals surface area contributed by atoms with Gasteiger partial charge in [-0.2, -0.15) is 5.10 Å². The summed E-state index contributed by atoms with van der Waals surface area (Å²) in [6.45, 7) is 5.14. The molecule has 0 fully saturated rings. The normalized spacial score (nSPS) is 12.6. The first-order valence-electron chi connectivity index (χ1n) is 5.63. The second-order valence-corrected chi connectivity index (χ2v) is 3.82. The Bertz CT molecular complexity index is 419. The molecule has 1 atom stereocenters. The zero-order chi connectivity index (χ0) is 11.4. The van der Waals surface area contributed by atoms with Crippen LogP contribution in [0.4, 0.5) is 5.82 Å². The first-order valence-corrected chi connectivity index (χ1v) is 5.63. The molecule has 0 aliphatic rings. The van der Waals surface area contributed by atoms with E-state index in [4.69, 9.17) is 4.42 Å². The summed E-state index contributed by atoms with van der Waals surface area (Å²) in [5.74, 6) is 1.97. The van der Waals surface area contributed by atoms with Gasteiger partial charge in [0.05, 0.1) is 18.5 Å². The monoisotopic (exact) mass is 219 g/mol. The van der Waals surface area contributed by atoms with Gasteiger partial charge in [0, 0.05) is 12.6 Å². The van der Waals surface area contributed by atoms with Crippen LogP contribution in [0.5, 0.6) is 0 Å². The lowest BCUT2D eigenvalue weighted by molar-refractivity contribution is 0.488. The number of aromatic nitrogens is 2. The molecule has 4 heteroatoms. The Morgan fingerprint density at radius 3 is 3.06 bits per heavy atom. The largest absolute Gasteiger partial charge is 0.467 e. The molecule has 4 nitrogen and oxygen atoms in total. The van der Waals surface area contributed by atoms with Crippen molar-refractivity contribution in [1.29, 1.82) is 0 Å². The lowest BCUT2D eigenvalue weighted by Gasteiger charge is -2.14. The Morgan fingerprint density at radius 1 is 1.50 bits per heavy atom. The Balaban J connectivity index is 2.06. The summed E-state index contributed by atoms with van der Waals surface area (Å²) in [6.07, 6.45) is 4.58. The van der Waals surface area contributed by atoms with Crippen LogP contribution in [0, 0.1) is 0 Å². The third-order valence-corrected chi connectivity index (χ3v) is 2.49. The summed E-state index contributed by atoms with van der Waals surface area (Å²) in [4.78, 5) is 0. The fourth-order valence-corrected chi connectivity index (χ4v) is 1.68. The number of anilines is 1. The molecule has 1 N–H and O–H groups in total. The van der Waals surface area contributed by atoms with Crippen molar-refractivity contribution in [3.05, 3.63) is 36.4 Å². The summed E-state index contributed by atoms with van der Waals surface area (Å²) < 4.78 is 7.32. The van der Waals surface area contributed by atoms with Crippen molar-refractivity contribution in [3.63, 3.8) is 0 Å². The molecule has 0 radical (unpaired) electrons. The summed E-state index contributed by atoms with van der Waals surface area (Å²) in [6, 6.07) is 6.01. The molecule has 0 aliphatic heterocycles. The molecule has 86 valence electrons. The van der Waals surface area contributed by atoms with Gasteiger partial charge in [0.25, 0.3) is 0 Å². The second-order valence-electron chi connectivity index (χ2n) is 3.82. The predicted molar refractivity (Wildman–Crippen MR) is 63.3 cm³/mol. The van der Waals surface area contributed by atoms with Crippen LogP contribution in [0.25, 0.3) is 0 Å². The summed E-state index contributed by atoms with van der Waals surface area (Å²) >= 11 is 0. The standard InChI is InChI=1S/C12H17N3O/c1-3-8-15-12(6-7-13-15)14-10(2)11-5-4-9-16-11/h4-7,9-10,14H,3,8H2,1-2H3. The van der Waals surface area contributed by atoms with Crippen LogP contribution in [0.15, 0.2) is 35.1 Å². The van der Waals surface area contributed by atoms with Crippen LogP contribution < -0.4 is 5.32 Å². The van der Waals surface area contributed by atoms with E-state index in [1.54, 1.807) is 6.26 Å². The minimum absolute atomic E-state index is 0.155. The Hall–Kier alpha value is -1.71. The van der Waals surface area contributed by atoms with E-state index in [-0.39, 0.29) is 6.04 Å². The lowest BCUT2D eigenvalue weighted by atomic mass is 10.2. The van der Waals surface area contributed by atoms with Crippen LogP contribution in [0.3, 0.4) is 0 Å². The van der Waals surface area contributed by atoms with Crippen LogP contribution >= 0.6 is 0 Å². The molecule has 2 aromatic heterocycles. The lowest BCUT2D eigenvalue weighted by Crippen LogP contribution is -2.11. The smallest absolute Gasteiger partial charge is 0.125 e. The van der Waals surface area contributed by atoms with Crippen molar-refractivity contribution in [2.75, 3.05) is 5.32 Å². The molecule has 16 heavy (non-hydrogen) atoms. The van der Waals surface area contributed by atoms with E-state index in [0.717, 1.165) is 24.5 Å². The van der Waals surface area contributed by atoms with Crippen LogP contribution in [-0.4, -0.2) is 9.78 Å². The first-order chi connectivity index (χ1) is 7.81. The quantitative estimate of drug-likeness (QED) is 0.840. The number of nitrogens with one attached hydrogen (secondary N) is 1. The maximum absolute atomic E-state index is 5.35. The molecule has 2 rings (SSSR count).